The van der Waals surface area contributed by atoms with E-state index in [9.17, 15) is 4.79 Å². The van der Waals surface area contributed by atoms with Gasteiger partial charge in [0.05, 0.1) is 0 Å². The topological polar surface area (TPSA) is 23.6 Å². The van der Waals surface area contributed by atoms with Crippen molar-refractivity contribution in [2.45, 2.75) is 43.3 Å². The lowest BCUT2D eigenvalue weighted by Crippen LogP contribution is -2.41. The van der Waals surface area contributed by atoms with Gasteiger partial charge in [-0.3, -0.25) is 0 Å². The first-order chi connectivity index (χ1) is 12.8. The molecule has 4 unspecified atom stereocenters. The van der Waals surface area contributed by atoms with E-state index in [0.29, 0.717) is 23.0 Å². The summed E-state index contributed by atoms with van der Waals surface area (Å²) >= 11 is 0. The molecule has 4 atom stereocenters. The number of amides is 2. The summed E-state index contributed by atoms with van der Waals surface area (Å²) in [6.07, 6.45) is 2.66. The van der Waals surface area contributed by atoms with Crippen LogP contribution in [0.1, 0.15) is 24.0 Å². The molecular weight excluding hydrogens is 340 g/mol. The van der Waals surface area contributed by atoms with E-state index in [2.05, 4.69) is 58.3 Å². The smallest absolute Gasteiger partial charge is 0.310 e. The van der Waals surface area contributed by atoms with Crippen LogP contribution < -0.4 is 0 Å². The maximum absolute atomic E-state index is 13.4. The van der Waals surface area contributed by atoms with Gasteiger partial charge in [-0.1, -0.05) is 60.7 Å². The summed E-state index contributed by atoms with van der Waals surface area (Å²) in [6.45, 7) is 1.50. The third kappa shape index (κ3) is 2.71. The Hall–Kier alpha value is -1.94. The molecule has 3 fully saturated rings. The highest BCUT2D eigenvalue weighted by Gasteiger charge is 2.62. The molecule has 0 saturated carbocycles. The molecule has 0 aliphatic carbocycles. The van der Waals surface area contributed by atoms with Gasteiger partial charge >= 0.3 is 6.03 Å². The van der Waals surface area contributed by atoms with Gasteiger partial charge in [0.2, 0.25) is 0 Å². The maximum atomic E-state index is 13.4. The first-order valence-electron chi connectivity index (χ1n) is 9.62. The highest BCUT2D eigenvalue weighted by Crippen LogP contribution is 2.43. The molecule has 26 heavy (non-hydrogen) atoms. The third-order valence-electron chi connectivity index (χ3n) is 6.13. The first kappa shape index (κ1) is 16.2. The molecule has 4 heteroatoms. The molecule has 3 nitrogen and oxygen atoms in total. The number of nitrogens with zero attached hydrogens (tertiary/aromatic N) is 2. The Labute approximate surface area is 158 Å². The van der Waals surface area contributed by atoms with Gasteiger partial charge in [-0.2, -0.15) is 0 Å². The molecule has 5 rings (SSSR count). The second-order valence-electron chi connectivity index (χ2n) is 7.66. The average molecular weight is 366 g/mol. The Kier molecular flexibility index (Phi) is 4.16. The third-order valence-corrected chi connectivity index (χ3v) is 9.08. The number of benzene rings is 2. The van der Waals surface area contributed by atoms with Crippen molar-refractivity contribution in [1.29, 1.82) is 0 Å². The highest BCUT2D eigenvalue weighted by molar-refractivity contribution is 7.98. The van der Waals surface area contributed by atoms with Gasteiger partial charge in [0, 0.05) is 19.5 Å². The van der Waals surface area contributed by atoms with Crippen LogP contribution in [0.4, 0.5) is 4.79 Å². The van der Waals surface area contributed by atoms with E-state index in [-0.39, 0.29) is 6.03 Å². The fourth-order valence-corrected chi connectivity index (χ4v) is 8.26. The number of carbonyl (C=O) groups excluding carboxylic acids is 1. The number of hydrogen-bond acceptors (Lipinski definition) is 1. The van der Waals surface area contributed by atoms with Gasteiger partial charge in [-0.05, 0) is 28.4 Å². The van der Waals surface area contributed by atoms with E-state index in [1.54, 1.807) is 0 Å². The van der Waals surface area contributed by atoms with Crippen LogP contribution in [-0.2, 0) is 24.0 Å². The van der Waals surface area contributed by atoms with Crippen LogP contribution in [0.15, 0.2) is 60.7 Å². The minimum Gasteiger partial charge on any atom is -0.310 e. The monoisotopic (exact) mass is 365 g/mol. The quantitative estimate of drug-likeness (QED) is 0.599. The van der Waals surface area contributed by atoms with Crippen molar-refractivity contribution < 1.29 is 4.79 Å². The lowest BCUT2D eigenvalue weighted by atomic mass is 10.0. The Balaban J connectivity index is 1.45. The van der Waals surface area contributed by atoms with Crippen LogP contribution in [0.5, 0.6) is 0 Å². The molecule has 2 aromatic rings. The minimum atomic E-state index is 0.239. The predicted octanol–water partition coefficient (Wildman–Crippen LogP) is 3.66. The van der Waals surface area contributed by atoms with Crippen LogP contribution in [-0.4, -0.2) is 44.7 Å². The van der Waals surface area contributed by atoms with E-state index in [0.717, 1.165) is 18.3 Å². The highest BCUT2D eigenvalue weighted by atomic mass is 32.2. The number of hydrogen-bond donors (Lipinski definition) is 0. The number of fused-ring (bicyclic) bond motifs is 3. The van der Waals surface area contributed by atoms with E-state index in [4.69, 9.17) is 0 Å². The van der Waals surface area contributed by atoms with Gasteiger partial charge in [-0.15, -0.1) is 0 Å². The van der Waals surface area contributed by atoms with Gasteiger partial charge in [0.15, 0.2) is 0 Å². The number of urea groups is 1. The zero-order valence-electron chi connectivity index (χ0n) is 15.0. The van der Waals surface area contributed by atoms with E-state index in [1.165, 1.54) is 35.5 Å². The molecule has 134 valence electrons. The molecule has 0 bridgehead atoms. The molecular formula is C22H25N2OS+. The van der Waals surface area contributed by atoms with E-state index >= 15 is 0 Å². The lowest BCUT2D eigenvalue weighted by molar-refractivity contribution is 0.180. The van der Waals surface area contributed by atoms with Crippen molar-refractivity contribution >= 4 is 16.9 Å². The summed E-state index contributed by atoms with van der Waals surface area (Å²) in [4.78, 5) is 17.7. The molecule has 0 N–H and O–H groups in total. The van der Waals surface area contributed by atoms with E-state index in [1.807, 2.05) is 12.1 Å². The van der Waals surface area contributed by atoms with Crippen molar-refractivity contribution in [1.82, 2.24) is 9.80 Å². The van der Waals surface area contributed by atoms with Gasteiger partial charge in [0.1, 0.15) is 28.8 Å². The molecule has 0 spiro atoms. The fraction of sp³-hybridized carbons (Fsp3) is 0.409. The maximum Gasteiger partial charge on any atom is 0.321 e. The van der Waals surface area contributed by atoms with Crippen LogP contribution >= 0.6 is 0 Å². The zero-order valence-corrected chi connectivity index (χ0v) is 15.8. The zero-order chi connectivity index (χ0) is 17.5. The molecule has 2 amide bonds. The Morgan fingerprint density at radius 2 is 1.50 bits per heavy atom. The van der Waals surface area contributed by atoms with Crippen LogP contribution in [0.2, 0.25) is 0 Å². The van der Waals surface area contributed by atoms with Crippen molar-refractivity contribution in [2.75, 3.05) is 11.5 Å². The number of rotatable bonds is 4. The normalized spacial score (nSPS) is 29.9. The Morgan fingerprint density at radius 3 is 2.15 bits per heavy atom. The van der Waals surface area contributed by atoms with Crippen LogP contribution in [0.25, 0.3) is 0 Å². The molecule has 3 heterocycles. The lowest BCUT2D eigenvalue weighted by Gasteiger charge is -2.24. The Bertz CT molecular complexity index is 781. The predicted molar refractivity (Wildman–Crippen MR) is 107 cm³/mol. The van der Waals surface area contributed by atoms with Crippen LogP contribution in [0.3, 0.4) is 0 Å². The summed E-state index contributed by atoms with van der Waals surface area (Å²) in [5.74, 6) is 2.60. The van der Waals surface area contributed by atoms with Crippen molar-refractivity contribution in [2.24, 2.45) is 0 Å². The standard InChI is InChI=1S/C22H25N2OS/c25-22-23(14-17-8-3-1-4-9-17)19-16-26-13-7-12-20(26)21(19)24(22)15-18-10-5-2-6-11-18/h1-6,8-11,19-21H,7,12-16H2/q+1. The molecule has 3 aliphatic rings. The van der Waals surface area contributed by atoms with E-state index < -0.39 is 0 Å². The summed E-state index contributed by atoms with van der Waals surface area (Å²) in [5.41, 5.74) is 2.48. The first-order valence-corrected chi connectivity index (χ1v) is 11.3. The van der Waals surface area contributed by atoms with Crippen molar-refractivity contribution in [3.8, 4) is 0 Å². The molecule has 3 saturated heterocycles. The summed E-state index contributed by atoms with van der Waals surface area (Å²) in [7, 11) is 0.515. The second-order valence-corrected chi connectivity index (χ2v) is 10.1. The van der Waals surface area contributed by atoms with Crippen LogP contribution in [0, 0.1) is 0 Å². The summed E-state index contributed by atoms with van der Waals surface area (Å²) in [6, 6.07) is 22.0. The second kappa shape index (κ2) is 6.66. The van der Waals surface area contributed by atoms with Gasteiger partial charge in [-0.25, -0.2) is 4.79 Å². The SMILES string of the molecule is O=C1N(Cc2ccccc2)C2C[S+]3CCCC3C2N1Cc1ccccc1. The fourth-order valence-electron chi connectivity index (χ4n) is 4.96. The van der Waals surface area contributed by atoms with Crippen molar-refractivity contribution in [3.63, 3.8) is 0 Å². The summed E-state index contributed by atoms with van der Waals surface area (Å²) < 4.78 is 0. The minimum absolute atomic E-state index is 0.239. The molecule has 2 aromatic carbocycles. The molecule has 0 radical (unpaired) electrons. The van der Waals surface area contributed by atoms with Crippen molar-refractivity contribution in [3.05, 3.63) is 71.8 Å². The van der Waals surface area contributed by atoms with Gasteiger partial charge < -0.3 is 9.80 Å². The largest absolute Gasteiger partial charge is 0.321 e. The Morgan fingerprint density at radius 1 is 0.885 bits per heavy atom. The number of carbonyl (C=O) groups is 1. The molecule has 0 aromatic heterocycles. The summed E-state index contributed by atoms with van der Waals surface area (Å²) in [5, 5.41) is 0.730. The molecule has 3 aliphatic heterocycles. The average Bonchev–Trinajstić information content (AvgIpc) is 3.32. The van der Waals surface area contributed by atoms with Gasteiger partial charge in [0.25, 0.3) is 0 Å².